The van der Waals surface area contributed by atoms with Gasteiger partial charge in [0.1, 0.15) is 10.8 Å². The van der Waals surface area contributed by atoms with Gasteiger partial charge in [-0.3, -0.25) is 4.79 Å². The molecule has 0 aliphatic rings. The van der Waals surface area contributed by atoms with E-state index in [9.17, 15) is 4.79 Å². The Morgan fingerprint density at radius 1 is 1.25 bits per heavy atom. The van der Waals surface area contributed by atoms with Crippen LogP contribution in [0.4, 0.5) is 5.69 Å². The predicted molar refractivity (Wildman–Crippen MR) is 95.0 cm³/mol. The van der Waals surface area contributed by atoms with E-state index < -0.39 is 0 Å². The summed E-state index contributed by atoms with van der Waals surface area (Å²) in [7, 11) is 0. The summed E-state index contributed by atoms with van der Waals surface area (Å²) in [6.45, 7) is 2.03. The molecule has 0 bridgehead atoms. The standard InChI is InChI=1S/C18H18ClN3O2/c1-13(9-10-15-8-5-11-24-15)21-16-12-20-22(18(23)17(16)19)14-6-3-2-4-7-14/h2-8,11-13,21H,9-10H2,1H3/t13-/m1/s1. The van der Waals surface area contributed by atoms with Crippen LogP contribution in [0.3, 0.4) is 0 Å². The summed E-state index contributed by atoms with van der Waals surface area (Å²) in [4.78, 5) is 12.4. The molecule has 0 saturated heterocycles. The summed E-state index contributed by atoms with van der Waals surface area (Å²) in [5.74, 6) is 0.937. The van der Waals surface area contributed by atoms with Gasteiger partial charge in [0.25, 0.3) is 5.56 Å². The molecule has 124 valence electrons. The van der Waals surface area contributed by atoms with E-state index in [4.69, 9.17) is 16.0 Å². The summed E-state index contributed by atoms with van der Waals surface area (Å²) in [5.41, 5.74) is 0.883. The fourth-order valence-corrected chi connectivity index (χ4v) is 2.62. The van der Waals surface area contributed by atoms with Gasteiger partial charge in [-0.05, 0) is 37.6 Å². The predicted octanol–water partition coefficient (Wildman–Crippen LogP) is 3.91. The minimum Gasteiger partial charge on any atom is -0.469 e. The molecule has 3 rings (SSSR count). The maximum absolute atomic E-state index is 12.4. The Labute approximate surface area is 144 Å². The lowest BCUT2D eigenvalue weighted by Crippen LogP contribution is -2.24. The van der Waals surface area contributed by atoms with Crippen molar-refractivity contribution in [2.45, 2.75) is 25.8 Å². The summed E-state index contributed by atoms with van der Waals surface area (Å²) in [6, 6.07) is 13.1. The summed E-state index contributed by atoms with van der Waals surface area (Å²) in [6.07, 6.45) is 4.91. The Hall–Kier alpha value is -2.53. The first-order valence-corrected chi connectivity index (χ1v) is 8.15. The van der Waals surface area contributed by atoms with Crippen LogP contribution in [0, 0.1) is 0 Å². The number of hydrogen-bond acceptors (Lipinski definition) is 4. The number of nitrogens with zero attached hydrogens (tertiary/aromatic N) is 2. The van der Waals surface area contributed by atoms with E-state index >= 15 is 0 Å². The van der Waals surface area contributed by atoms with Crippen molar-refractivity contribution in [3.8, 4) is 5.69 Å². The number of aryl methyl sites for hydroxylation is 1. The molecule has 0 spiro atoms. The summed E-state index contributed by atoms with van der Waals surface area (Å²) in [5, 5.41) is 7.59. The molecule has 24 heavy (non-hydrogen) atoms. The molecule has 2 aromatic heterocycles. The smallest absolute Gasteiger partial charge is 0.292 e. The monoisotopic (exact) mass is 343 g/mol. The highest BCUT2D eigenvalue weighted by Gasteiger charge is 2.13. The molecular weight excluding hydrogens is 326 g/mol. The van der Waals surface area contributed by atoms with Crippen LogP contribution in [0.1, 0.15) is 19.1 Å². The van der Waals surface area contributed by atoms with Crippen molar-refractivity contribution in [1.29, 1.82) is 0 Å². The lowest BCUT2D eigenvalue weighted by atomic mass is 10.1. The third-order valence-electron chi connectivity index (χ3n) is 3.73. The highest BCUT2D eigenvalue weighted by atomic mass is 35.5. The zero-order valence-corrected chi connectivity index (χ0v) is 14.0. The second-order valence-corrected chi connectivity index (χ2v) is 5.97. The largest absolute Gasteiger partial charge is 0.469 e. The van der Waals surface area contributed by atoms with E-state index in [1.54, 1.807) is 12.5 Å². The number of benzene rings is 1. The number of anilines is 1. The van der Waals surface area contributed by atoms with Gasteiger partial charge >= 0.3 is 0 Å². The molecule has 6 heteroatoms. The molecule has 0 aliphatic heterocycles. The second kappa shape index (κ2) is 7.36. The van der Waals surface area contributed by atoms with Crippen LogP contribution in [0.5, 0.6) is 0 Å². The van der Waals surface area contributed by atoms with Gasteiger partial charge in [-0.25, -0.2) is 0 Å². The minimum absolute atomic E-state index is 0.126. The van der Waals surface area contributed by atoms with E-state index in [2.05, 4.69) is 10.4 Å². The fourth-order valence-electron chi connectivity index (χ4n) is 2.44. The highest BCUT2D eigenvalue weighted by Crippen LogP contribution is 2.19. The molecule has 1 N–H and O–H groups in total. The van der Waals surface area contributed by atoms with Crippen molar-refractivity contribution in [2.75, 3.05) is 5.32 Å². The first kappa shape index (κ1) is 16.3. The van der Waals surface area contributed by atoms with Gasteiger partial charge in [0, 0.05) is 12.5 Å². The van der Waals surface area contributed by atoms with Crippen molar-refractivity contribution >= 4 is 17.3 Å². The number of furan rings is 1. The van der Waals surface area contributed by atoms with Crippen LogP contribution in [-0.4, -0.2) is 15.8 Å². The quantitative estimate of drug-likeness (QED) is 0.737. The maximum atomic E-state index is 12.4. The van der Waals surface area contributed by atoms with Gasteiger partial charge in [0.05, 0.1) is 23.8 Å². The van der Waals surface area contributed by atoms with E-state index in [0.29, 0.717) is 11.4 Å². The third kappa shape index (κ3) is 3.68. The molecule has 3 aromatic rings. The second-order valence-electron chi connectivity index (χ2n) is 5.59. The number of aromatic nitrogens is 2. The first-order valence-electron chi connectivity index (χ1n) is 7.77. The lowest BCUT2D eigenvalue weighted by molar-refractivity contribution is 0.495. The average Bonchev–Trinajstić information content (AvgIpc) is 3.12. The van der Waals surface area contributed by atoms with Gasteiger partial charge in [-0.2, -0.15) is 9.78 Å². The van der Waals surface area contributed by atoms with Crippen molar-refractivity contribution in [2.24, 2.45) is 0 Å². The van der Waals surface area contributed by atoms with E-state index in [-0.39, 0.29) is 16.6 Å². The van der Waals surface area contributed by atoms with Crippen LogP contribution in [0.25, 0.3) is 5.69 Å². The molecule has 0 fully saturated rings. The highest BCUT2D eigenvalue weighted by molar-refractivity contribution is 6.32. The zero-order valence-electron chi connectivity index (χ0n) is 13.3. The SMILES string of the molecule is C[C@H](CCc1ccco1)Nc1cnn(-c2ccccc2)c(=O)c1Cl. The molecule has 0 radical (unpaired) electrons. The van der Waals surface area contributed by atoms with Crippen LogP contribution in [0.2, 0.25) is 5.02 Å². The molecular formula is C18H18ClN3O2. The van der Waals surface area contributed by atoms with Crippen molar-refractivity contribution in [1.82, 2.24) is 9.78 Å². The number of rotatable bonds is 6. The first-order chi connectivity index (χ1) is 11.6. The molecule has 0 amide bonds. The van der Waals surface area contributed by atoms with Crippen LogP contribution in [0.15, 0.2) is 64.1 Å². The average molecular weight is 344 g/mol. The van der Waals surface area contributed by atoms with Gasteiger partial charge in [0.15, 0.2) is 0 Å². The van der Waals surface area contributed by atoms with E-state index in [1.807, 2.05) is 49.4 Å². The number of nitrogens with one attached hydrogen (secondary N) is 1. The van der Waals surface area contributed by atoms with Gasteiger partial charge in [-0.15, -0.1) is 0 Å². The van der Waals surface area contributed by atoms with Crippen LogP contribution in [-0.2, 0) is 6.42 Å². The van der Waals surface area contributed by atoms with E-state index in [0.717, 1.165) is 18.6 Å². The molecule has 1 atom stereocenters. The Morgan fingerprint density at radius 3 is 2.75 bits per heavy atom. The van der Waals surface area contributed by atoms with Gasteiger partial charge < -0.3 is 9.73 Å². The molecule has 5 nitrogen and oxygen atoms in total. The zero-order chi connectivity index (χ0) is 16.9. The van der Waals surface area contributed by atoms with Gasteiger partial charge in [0.2, 0.25) is 0 Å². The number of hydrogen-bond donors (Lipinski definition) is 1. The summed E-state index contributed by atoms with van der Waals surface area (Å²) < 4.78 is 6.61. The fraction of sp³-hybridized carbons (Fsp3) is 0.222. The Bertz CT molecular complexity index is 844. The normalized spacial score (nSPS) is 12.1. The Balaban J connectivity index is 1.72. The Kier molecular flexibility index (Phi) is 5.01. The lowest BCUT2D eigenvalue weighted by Gasteiger charge is -2.16. The molecule has 0 unspecified atom stereocenters. The maximum Gasteiger partial charge on any atom is 0.292 e. The van der Waals surface area contributed by atoms with Crippen LogP contribution < -0.4 is 10.9 Å². The third-order valence-corrected chi connectivity index (χ3v) is 4.09. The van der Waals surface area contributed by atoms with E-state index in [1.165, 1.54) is 4.68 Å². The van der Waals surface area contributed by atoms with Crippen molar-refractivity contribution in [3.63, 3.8) is 0 Å². The summed E-state index contributed by atoms with van der Waals surface area (Å²) >= 11 is 6.24. The number of para-hydroxylation sites is 1. The van der Waals surface area contributed by atoms with Crippen LogP contribution >= 0.6 is 11.6 Å². The van der Waals surface area contributed by atoms with Crippen molar-refractivity contribution < 1.29 is 4.42 Å². The Morgan fingerprint density at radius 2 is 2.04 bits per heavy atom. The molecule has 1 aromatic carbocycles. The molecule has 2 heterocycles. The number of halogens is 1. The van der Waals surface area contributed by atoms with Gasteiger partial charge in [-0.1, -0.05) is 29.8 Å². The minimum atomic E-state index is -0.342. The van der Waals surface area contributed by atoms with Crippen molar-refractivity contribution in [3.05, 3.63) is 76.1 Å². The topological polar surface area (TPSA) is 60.1 Å². The molecule has 0 saturated carbocycles. The molecule has 0 aliphatic carbocycles.